The molecule has 1 N–H and O–H groups in total. The summed E-state index contributed by atoms with van der Waals surface area (Å²) in [6.07, 6.45) is 2.28. The fraction of sp³-hybridized carbons (Fsp3) is 0.625. The molecule has 2 rings (SSSR count). The summed E-state index contributed by atoms with van der Waals surface area (Å²) in [5, 5.41) is 3.23. The SMILES string of the molecule is CNC(CCN1CCCOC(C)C1)c1ccccc1F. The lowest BCUT2D eigenvalue weighted by atomic mass is 10.0. The van der Waals surface area contributed by atoms with Crippen LogP contribution in [-0.2, 0) is 4.74 Å². The molecule has 112 valence electrons. The second-order valence-electron chi connectivity index (χ2n) is 5.49. The summed E-state index contributed by atoms with van der Waals surface area (Å²) < 4.78 is 19.5. The molecule has 2 unspecified atom stereocenters. The molecule has 1 aromatic carbocycles. The van der Waals surface area contributed by atoms with Gasteiger partial charge in [0, 0.05) is 37.8 Å². The van der Waals surface area contributed by atoms with Crippen LogP contribution in [0.5, 0.6) is 0 Å². The highest BCUT2D eigenvalue weighted by molar-refractivity contribution is 5.21. The molecule has 1 aliphatic rings. The van der Waals surface area contributed by atoms with Crippen molar-refractivity contribution in [1.29, 1.82) is 0 Å². The van der Waals surface area contributed by atoms with E-state index in [0.717, 1.165) is 44.6 Å². The number of hydrogen-bond donors (Lipinski definition) is 1. The zero-order valence-corrected chi connectivity index (χ0v) is 12.4. The molecule has 0 bridgehead atoms. The lowest BCUT2D eigenvalue weighted by Crippen LogP contribution is -2.33. The van der Waals surface area contributed by atoms with Gasteiger partial charge in [-0.3, -0.25) is 0 Å². The highest BCUT2D eigenvalue weighted by Crippen LogP contribution is 2.20. The Morgan fingerprint density at radius 1 is 1.45 bits per heavy atom. The van der Waals surface area contributed by atoms with Crippen molar-refractivity contribution in [1.82, 2.24) is 10.2 Å². The van der Waals surface area contributed by atoms with Crippen LogP contribution in [0.1, 0.15) is 31.4 Å². The summed E-state index contributed by atoms with van der Waals surface area (Å²) in [6.45, 7) is 5.96. The number of rotatable bonds is 5. The molecule has 1 saturated heterocycles. The topological polar surface area (TPSA) is 24.5 Å². The van der Waals surface area contributed by atoms with E-state index < -0.39 is 0 Å². The molecule has 4 heteroatoms. The van der Waals surface area contributed by atoms with E-state index in [2.05, 4.69) is 17.1 Å². The first-order valence-corrected chi connectivity index (χ1v) is 7.46. The van der Waals surface area contributed by atoms with E-state index in [4.69, 9.17) is 4.74 Å². The normalized spacial score (nSPS) is 22.4. The number of hydrogen-bond acceptors (Lipinski definition) is 3. The monoisotopic (exact) mass is 280 g/mol. The highest BCUT2D eigenvalue weighted by atomic mass is 19.1. The third-order valence-electron chi connectivity index (χ3n) is 3.90. The van der Waals surface area contributed by atoms with Crippen molar-refractivity contribution in [3.63, 3.8) is 0 Å². The minimum Gasteiger partial charge on any atom is -0.377 e. The molecule has 1 aromatic rings. The summed E-state index contributed by atoms with van der Waals surface area (Å²) in [7, 11) is 1.89. The molecule has 0 saturated carbocycles. The largest absolute Gasteiger partial charge is 0.377 e. The Morgan fingerprint density at radius 2 is 2.25 bits per heavy atom. The highest BCUT2D eigenvalue weighted by Gasteiger charge is 2.18. The number of halogens is 1. The number of benzene rings is 1. The third kappa shape index (κ3) is 4.27. The molecule has 1 aliphatic heterocycles. The van der Waals surface area contributed by atoms with Gasteiger partial charge in [0.15, 0.2) is 0 Å². The van der Waals surface area contributed by atoms with Crippen molar-refractivity contribution in [2.24, 2.45) is 0 Å². The Morgan fingerprint density at radius 3 is 3.00 bits per heavy atom. The Labute approximate surface area is 121 Å². The van der Waals surface area contributed by atoms with E-state index in [9.17, 15) is 4.39 Å². The molecule has 0 amide bonds. The quantitative estimate of drug-likeness (QED) is 0.897. The maximum atomic E-state index is 13.8. The second kappa shape index (κ2) is 7.72. The minimum atomic E-state index is -0.126. The Bertz CT molecular complexity index is 413. The molecule has 0 aliphatic carbocycles. The van der Waals surface area contributed by atoms with E-state index in [1.165, 1.54) is 6.07 Å². The zero-order chi connectivity index (χ0) is 14.4. The maximum absolute atomic E-state index is 13.8. The first-order chi connectivity index (χ1) is 9.70. The molecule has 1 heterocycles. The van der Waals surface area contributed by atoms with Gasteiger partial charge in [-0.1, -0.05) is 18.2 Å². The molecular weight excluding hydrogens is 255 g/mol. The van der Waals surface area contributed by atoms with Gasteiger partial charge < -0.3 is 15.0 Å². The van der Waals surface area contributed by atoms with Crippen LogP contribution in [0, 0.1) is 5.82 Å². The molecule has 0 spiro atoms. The van der Waals surface area contributed by atoms with Crippen molar-refractivity contribution >= 4 is 0 Å². The van der Waals surface area contributed by atoms with Crippen LogP contribution in [0.2, 0.25) is 0 Å². The summed E-state index contributed by atoms with van der Waals surface area (Å²) >= 11 is 0. The second-order valence-corrected chi connectivity index (χ2v) is 5.49. The number of nitrogens with one attached hydrogen (secondary N) is 1. The molecule has 0 aromatic heterocycles. The number of nitrogens with zero attached hydrogens (tertiary/aromatic N) is 1. The van der Waals surface area contributed by atoms with Crippen molar-refractivity contribution in [3.05, 3.63) is 35.6 Å². The van der Waals surface area contributed by atoms with Crippen LogP contribution in [0.25, 0.3) is 0 Å². The fourth-order valence-corrected chi connectivity index (χ4v) is 2.81. The lowest BCUT2D eigenvalue weighted by molar-refractivity contribution is 0.0672. The van der Waals surface area contributed by atoms with Gasteiger partial charge in [0.25, 0.3) is 0 Å². The van der Waals surface area contributed by atoms with E-state index >= 15 is 0 Å². The predicted octanol–water partition coefficient (Wildman–Crippen LogP) is 2.59. The van der Waals surface area contributed by atoms with Gasteiger partial charge in [-0.05, 0) is 32.9 Å². The van der Waals surface area contributed by atoms with Gasteiger partial charge in [-0.2, -0.15) is 0 Å². The maximum Gasteiger partial charge on any atom is 0.127 e. The smallest absolute Gasteiger partial charge is 0.127 e. The lowest BCUT2D eigenvalue weighted by Gasteiger charge is -2.25. The third-order valence-corrected chi connectivity index (χ3v) is 3.90. The van der Waals surface area contributed by atoms with Crippen LogP contribution < -0.4 is 5.32 Å². The van der Waals surface area contributed by atoms with Crippen LogP contribution in [0.4, 0.5) is 4.39 Å². The van der Waals surface area contributed by atoms with Gasteiger partial charge in [0.2, 0.25) is 0 Å². The van der Waals surface area contributed by atoms with E-state index in [1.54, 1.807) is 6.07 Å². The molecule has 0 radical (unpaired) electrons. The first kappa shape index (κ1) is 15.4. The molecular formula is C16H25FN2O. The van der Waals surface area contributed by atoms with Gasteiger partial charge in [0.1, 0.15) is 5.82 Å². The van der Waals surface area contributed by atoms with Crippen LogP contribution in [0.3, 0.4) is 0 Å². The van der Waals surface area contributed by atoms with Crippen molar-refractivity contribution in [2.75, 3.05) is 33.3 Å². The van der Waals surface area contributed by atoms with E-state index in [-0.39, 0.29) is 11.9 Å². The standard InChI is InChI=1S/C16H25FN2O/c1-13-12-19(9-5-11-20-13)10-8-16(18-2)14-6-3-4-7-15(14)17/h3-4,6-7,13,16,18H,5,8-12H2,1-2H3. The Balaban J connectivity index is 1.92. The van der Waals surface area contributed by atoms with Gasteiger partial charge in [0.05, 0.1) is 6.10 Å². The van der Waals surface area contributed by atoms with Crippen LogP contribution in [0.15, 0.2) is 24.3 Å². The summed E-state index contributed by atoms with van der Waals surface area (Å²) in [4.78, 5) is 2.42. The van der Waals surface area contributed by atoms with Crippen LogP contribution >= 0.6 is 0 Å². The summed E-state index contributed by atoms with van der Waals surface area (Å²) in [5.74, 6) is -0.126. The zero-order valence-electron chi connectivity index (χ0n) is 12.4. The Kier molecular flexibility index (Phi) is 5.95. The predicted molar refractivity (Wildman–Crippen MR) is 79.3 cm³/mol. The van der Waals surface area contributed by atoms with Gasteiger partial charge >= 0.3 is 0 Å². The van der Waals surface area contributed by atoms with Gasteiger partial charge in [-0.15, -0.1) is 0 Å². The fourth-order valence-electron chi connectivity index (χ4n) is 2.81. The Hall–Kier alpha value is -0.970. The molecule has 3 nitrogen and oxygen atoms in total. The molecule has 20 heavy (non-hydrogen) atoms. The first-order valence-electron chi connectivity index (χ1n) is 7.46. The van der Waals surface area contributed by atoms with E-state index in [0.29, 0.717) is 6.10 Å². The average molecular weight is 280 g/mol. The van der Waals surface area contributed by atoms with Crippen molar-refractivity contribution in [3.8, 4) is 0 Å². The minimum absolute atomic E-state index is 0.0654. The number of ether oxygens (including phenoxy) is 1. The average Bonchev–Trinajstić information content (AvgIpc) is 2.65. The van der Waals surface area contributed by atoms with E-state index in [1.807, 2.05) is 19.2 Å². The summed E-state index contributed by atoms with van der Waals surface area (Å²) in [5.41, 5.74) is 0.758. The van der Waals surface area contributed by atoms with Crippen molar-refractivity contribution in [2.45, 2.75) is 31.9 Å². The molecule has 1 fully saturated rings. The molecule has 2 atom stereocenters. The summed E-state index contributed by atoms with van der Waals surface area (Å²) in [6, 6.07) is 7.09. The van der Waals surface area contributed by atoms with Gasteiger partial charge in [-0.25, -0.2) is 4.39 Å². The van der Waals surface area contributed by atoms with Crippen molar-refractivity contribution < 1.29 is 9.13 Å². The van der Waals surface area contributed by atoms with Crippen LogP contribution in [-0.4, -0.2) is 44.3 Å².